The molecule has 6 rings (SSSR count). The first-order valence-corrected chi connectivity index (χ1v) is 30.2. The van der Waals surface area contributed by atoms with Crippen LogP contribution in [0.25, 0.3) is 0 Å². The third kappa shape index (κ3) is 19.8. The van der Waals surface area contributed by atoms with Gasteiger partial charge >= 0.3 is 11.9 Å². The van der Waals surface area contributed by atoms with Gasteiger partial charge in [0.15, 0.2) is 0 Å². The average molecular weight is 1210 g/mol. The summed E-state index contributed by atoms with van der Waals surface area (Å²) in [7, 11) is -7.67. The van der Waals surface area contributed by atoms with Crippen LogP contribution >= 0.6 is 46.3 Å². The number of esters is 2. The highest BCUT2D eigenvalue weighted by atomic mass is 35.7. The number of rotatable bonds is 17. The number of carbonyl (C=O) groups excluding carboxylic acids is 2. The number of methoxy groups -OCH3 is 2. The first kappa shape index (κ1) is 64.2. The van der Waals surface area contributed by atoms with Gasteiger partial charge in [0, 0.05) is 87.3 Å². The third-order valence-corrected chi connectivity index (χ3v) is 16.3. The number of carbonyl (C=O) groups is 2. The van der Waals surface area contributed by atoms with Crippen LogP contribution in [-0.4, -0.2) is 163 Å². The Morgan fingerprint density at radius 3 is 1.27 bits per heavy atom. The van der Waals surface area contributed by atoms with Crippen molar-refractivity contribution in [1.82, 2.24) is 19.4 Å². The van der Waals surface area contributed by atoms with E-state index < -0.39 is 80.9 Å². The fourth-order valence-electron chi connectivity index (χ4n) is 7.06. The molecule has 0 bridgehead atoms. The van der Waals surface area contributed by atoms with Gasteiger partial charge in [-0.05, 0) is 60.7 Å². The molecule has 0 spiro atoms. The van der Waals surface area contributed by atoms with Crippen LogP contribution in [0.4, 0.5) is 28.9 Å². The summed E-state index contributed by atoms with van der Waals surface area (Å²) in [6.45, 7) is 3.82. The number of ether oxygens (including phenoxy) is 2. The number of hydrogen-bond acceptors (Lipinski definition) is 15. The summed E-state index contributed by atoms with van der Waals surface area (Å²) < 4.78 is 165. The van der Waals surface area contributed by atoms with Crippen LogP contribution in [0.3, 0.4) is 0 Å². The molecule has 4 aromatic carbocycles. The fourth-order valence-corrected chi connectivity index (χ4v) is 11.2. The lowest BCUT2D eigenvalue weighted by Crippen LogP contribution is -2.49. The van der Waals surface area contributed by atoms with Crippen LogP contribution < -0.4 is 13.9 Å². The molecule has 2 fully saturated rings. The van der Waals surface area contributed by atoms with Crippen molar-refractivity contribution in [3.8, 4) is 0 Å². The number of piperazine rings is 2. The smallest absolute Gasteiger partial charge is 0.337 e. The minimum atomic E-state index is -4.07. The van der Waals surface area contributed by atoms with Gasteiger partial charge < -0.3 is 14.8 Å². The molecule has 412 valence electrons. The topological polar surface area (TPSA) is 217 Å². The third-order valence-electron chi connectivity index (χ3n) is 11.0. The summed E-state index contributed by atoms with van der Waals surface area (Å²) in [5.41, 5.74) is 0.156. The van der Waals surface area contributed by atoms with Gasteiger partial charge in [0.25, 0.3) is 0 Å². The molecule has 2 saturated heterocycles. The summed E-state index contributed by atoms with van der Waals surface area (Å²) in [6.07, 6.45) is 2.05. The molecule has 30 heteroatoms. The zero-order chi connectivity index (χ0) is 54.5. The van der Waals surface area contributed by atoms with Crippen molar-refractivity contribution in [1.29, 1.82) is 0 Å². The summed E-state index contributed by atoms with van der Waals surface area (Å²) in [4.78, 5) is 27.1. The van der Waals surface area contributed by atoms with E-state index in [4.69, 9.17) is 23.2 Å². The lowest BCUT2D eigenvalue weighted by Gasteiger charge is -2.33. The molecule has 0 aromatic heterocycles. The first-order chi connectivity index (χ1) is 34.0. The van der Waals surface area contributed by atoms with Gasteiger partial charge in [-0.15, -0.1) is 12.4 Å². The molecule has 4 aromatic rings. The Bertz CT molecular complexity index is 3040. The molecule has 0 atom stereocenters. The van der Waals surface area contributed by atoms with Gasteiger partial charge in [-0.2, -0.15) is 4.31 Å². The lowest BCUT2D eigenvalue weighted by atomic mass is 10.1. The van der Waals surface area contributed by atoms with E-state index in [0.717, 1.165) is 84.7 Å². The quantitative estimate of drug-likeness (QED) is 0.0777. The largest absolute Gasteiger partial charge is 0.465 e. The van der Waals surface area contributed by atoms with Crippen molar-refractivity contribution in [2.24, 2.45) is 0 Å². The molecule has 0 radical (unpaired) electrons. The van der Waals surface area contributed by atoms with E-state index in [1.165, 1.54) is 53.9 Å². The summed E-state index contributed by atoms with van der Waals surface area (Å²) >= 11 is 11.8. The summed E-state index contributed by atoms with van der Waals surface area (Å²) in [6, 6.07) is 14.1. The highest BCUT2D eigenvalue weighted by Crippen LogP contribution is 2.30. The molecule has 2 heterocycles. The van der Waals surface area contributed by atoms with Gasteiger partial charge in [0.1, 0.15) is 23.3 Å². The molecule has 0 amide bonds. The normalized spacial score (nSPS) is 14.8. The predicted octanol–water partition coefficient (Wildman–Crippen LogP) is 5.57. The SMILES string of the molecule is COC(=O)c1ccc(CN(c2ccc(F)c(Cl)c2)S(=O)(=O)CCN2CCN(S(C)(=O)=O)CC2)c(F)c1.COC(=O)c1ccc(CN(c2ccc(F)c(Cl)c2)S(=O)(=O)CCN2CCNCC2)c(F)c1.CS(=O)(=O)Cl.Cl. The maximum Gasteiger partial charge on any atom is 0.337 e. The fraction of sp³-hybridized carbons (Fsp3) is 0.409. The Morgan fingerprint density at radius 2 is 0.946 bits per heavy atom. The zero-order valence-electron chi connectivity index (χ0n) is 40.1. The molecule has 74 heavy (non-hydrogen) atoms. The second-order valence-corrected chi connectivity index (χ2v) is 26.1. The number of halogens is 8. The Labute approximate surface area is 449 Å². The Hall–Kier alpha value is -4.06. The van der Waals surface area contributed by atoms with Crippen LogP contribution in [0.2, 0.25) is 10.0 Å². The van der Waals surface area contributed by atoms with Crippen molar-refractivity contribution < 1.29 is 70.3 Å². The van der Waals surface area contributed by atoms with Crippen LogP contribution in [0, 0.1) is 23.3 Å². The van der Waals surface area contributed by atoms with Crippen LogP contribution in [0.5, 0.6) is 0 Å². The number of nitrogens with one attached hydrogen (secondary N) is 1. The minimum Gasteiger partial charge on any atom is -0.465 e. The molecule has 18 nitrogen and oxygen atoms in total. The maximum absolute atomic E-state index is 14.8. The van der Waals surface area contributed by atoms with Crippen LogP contribution in [0.1, 0.15) is 31.8 Å². The van der Waals surface area contributed by atoms with Gasteiger partial charge in [-0.3, -0.25) is 18.4 Å². The summed E-state index contributed by atoms with van der Waals surface area (Å²) in [5, 5.41) is 2.66. The van der Waals surface area contributed by atoms with Crippen LogP contribution in [-0.2, 0) is 61.7 Å². The minimum absolute atomic E-state index is 0. The van der Waals surface area contributed by atoms with E-state index in [-0.39, 0.29) is 93.8 Å². The Morgan fingerprint density at radius 1 is 0.581 bits per heavy atom. The zero-order valence-corrected chi connectivity index (χ0v) is 46.5. The second kappa shape index (κ2) is 28.4. The van der Waals surface area contributed by atoms with E-state index in [1.54, 1.807) is 0 Å². The monoisotopic (exact) mass is 1200 g/mol. The molecule has 2 aliphatic heterocycles. The molecule has 1 N–H and O–H groups in total. The first-order valence-electron chi connectivity index (χ1n) is 21.7. The number of benzene rings is 4. The number of sulfonamides is 3. The number of anilines is 2. The van der Waals surface area contributed by atoms with Gasteiger partial charge in [0.05, 0.1) is 83.9 Å². The molecule has 0 saturated carbocycles. The van der Waals surface area contributed by atoms with Crippen molar-refractivity contribution in [3.05, 3.63) is 128 Å². The maximum atomic E-state index is 14.8. The predicted molar refractivity (Wildman–Crippen MR) is 278 cm³/mol. The highest BCUT2D eigenvalue weighted by molar-refractivity contribution is 8.13. The van der Waals surface area contributed by atoms with E-state index in [2.05, 4.69) is 25.5 Å². The molecular formula is C44H54Cl4F4N6O12S4. The number of hydrogen-bond donors (Lipinski definition) is 1. The average Bonchev–Trinajstić information content (AvgIpc) is 3.33. The number of nitrogens with zero attached hydrogens (tertiary/aromatic N) is 5. The lowest BCUT2D eigenvalue weighted by molar-refractivity contribution is 0.0591. The Balaban J connectivity index is 0.000000355. The highest BCUT2D eigenvalue weighted by Gasteiger charge is 2.30. The molecule has 0 unspecified atom stereocenters. The Kier molecular flexibility index (Phi) is 24.6. The molecule has 2 aliphatic rings. The van der Waals surface area contributed by atoms with Gasteiger partial charge in [0.2, 0.25) is 39.1 Å². The van der Waals surface area contributed by atoms with Gasteiger partial charge in [-0.1, -0.05) is 35.3 Å². The van der Waals surface area contributed by atoms with Crippen LogP contribution in [0.15, 0.2) is 72.8 Å². The standard InChI is InChI=1S/C22H26ClF2N3O6S2.C21H24ClF2N3O4S.CH3ClO2S.ClH/c1-34-22(29)16-3-4-17(21(25)13-16)15-28(18-5-6-20(24)19(23)14-18)36(32,33)12-11-26-7-9-27(10-8-26)35(2,30)31;1-31-21(28)15-2-3-16(20(24)12-15)14-27(17-4-5-19(23)18(22)13-17)32(29,30)11-10-26-8-6-25-7-9-26;1-5(2,3)4;/h3-6,13-14H,7-12,15H2,1-2H3;2-5,12-13,25H,6-11,14H2,1H3;1H3;1H. The second-order valence-electron chi connectivity index (χ2n) is 16.2. The molecular weight excluding hydrogens is 1150 g/mol. The van der Waals surface area contributed by atoms with E-state index >= 15 is 0 Å². The molecule has 0 aliphatic carbocycles. The summed E-state index contributed by atoms with van der Waals surface area (Å²) in [5.74, 6) is -5.02. The van der Waals surface area contributed by atoms with E-state index in [0.29, 0.717) is 19.6 Å². The van der Waals surface area contributed by atoms with E-state index in [9.17, 15) is 60.8 Å². The van der Waals surface area contributed by atoms with E-state index in [1.807, 2.05) is 9.80 Å². The van der Waals surface area contributed by atoms with Crippen molar-refractivity contribution in [3.63, 3.8) is 0 Å². The van der Waals surface area contributed by atoms with Crippen molar-refractivity contribution >= 4 is 109 Å². The van der Waals surface area contributed by atoms with Crippen molar-refractivity contribution in [2.75, 3.05) is 112 Å². The van der Waals surface area contributed by atoms with Crippen molar-refractivity contribution in [2.45, 2.75) is 13.1 Å². The van der Waals surface area contributed by atoms with Gasteiger partial charge in [-0.25, -0.2) is 60.8 Å².